The molecule has 0 aromatic heterocycles. The lowest BCUT2D eigenvalue weighted by Gasteiger charge is -2.44. The SMILES string of the molecule is CCC(C)(C)N1C(=O)C2C3C=CC(C2C1=O)C1C(=O)N(C(C)(C)CC)C(=O)C31. The van der Waals surface area contributed by atoms with E-state index in [9.17, 15) is 19.2 Å². The zero-order chi connectivity index (χ0) is 20.8. The van der Waals surface area contributed by atoms with Crippen molar-refractivity contribution in [2.24, 2.45) is 35.5 Å². The van der Waals surface area contributed by atoms with Crippen LogP contribution >= 0.6 is 0 Å². The lowest BCUT2D eigenvalue weighted by Crippen LogP contribution is -2.50. The van der Waals surface area contributed by atoms with Crippen LogP contribution in [-0.4, -0.2) is 44.5 Å². The number of likely N-dealkylation sites (tertiary alicyclic amines) is 2. The molecule has 5 rings (SSSR count). The molecule has 0 aromatic rings. The lowest BCUT2D eigenvalue weighted by atomic mass is 9.54. The first-order valence-corrected chi connectivity index (χ1v) is 10.4. The van der Waals surface area contributed by atoms with Gasteiger partial charge >= 0.3 is 0 Å². The average molecular weight is 386 g/mol. The highest BCUT2D eigenvalue weighted by Crippen LogP contribution is 2.59. The van der Waals surface area contributed by atoms with Crippen molar-refractivity contribution in [1.82, 2.24) is 9.80 Å². The van der Waals surface area contributed by atoms with Crippen molar-refractivity contribution in [1.29, 1.82) is 0 Å². The Labute approximate surface area is 166 Å². The number of hydrogen-bond donors (Lipinski definition) is 0. The van der Waals surface area contributed by atoms with Gasteiger partial charge in [0.05, 0.1) is 23.7 Å². The highest BCUT2D eigenvalue weighted by Gasteiger charge is 2.70. The number of nitrogens with zero attached hydrogens (tertiary/aromatic N) is 2. The Bertz CT molecular complexity index is 701. The number of carbonyl (C=O) groups is 4. The summed E-state index contributed by atoms with van der Waals surface area (Å²) < 4.78 is 0. The summed E-state index contributed by atoms with van der Waals surface area (Å²) in [6.45, 7) is 11.5. The van der Waals surface area contributed by atoms with E-state index in [2.05, 4.69) is 0 Å². The van der Waals surface area contributed by atoms with Gasteiger partial charge in [-0.2, -0.15) is 0 Å². The van der Waals surface area contributed by atoms with Crippen molar-refractivity contribution in [3.8, 4) is 0 Å². The van der Waals surface area contributed by atoms with Gasteiger partial charge in [-0.05, 0) is 40.5 Å². The standard InChI is InChI=1S/C22H30N2O4/c1-7-21(3,4)23-17(25)13-11-9-10-12(14(13)18(23)26)16-15(11)19(27)24(20(16)28)22(5,6)8-2/h9-16H,7-8H2,1-6H3. The molecule has 2 heterocycles. The van der Waals surface area contributed by atoms with Crippen LogP contribution in [0.4, 0.5) is 0 Å². The maximum atomic E-state index is 13.3. The second-order valence-corrected chi connectivity index (χ2v) is 10.00. The second-order valence-electron chi connectivity index (χ2n) is 10.00. The van der Waals surface area contributed by atoms with Crippen LogP contribution in [0, 0.1) is 35.5 Å². The third-order valence-corrected chi connectivity index (χ3v) is 7.95. The van der Waals surface area contributed by atoms with Crippen LogP contribution in [0.15, 0.2) is 12.2 Å². The molecular formula is C22H30N2O4. The molecule has 2 bridgehead atoms. The van der Waals surface area contributed by atoms with Crippen LogP contribution in [-0.2, 0) is 19.2 Å². The molecule has 0 aromatic carbocycles. The maximum absolute atomic E-state index is 13.3. The quantitative estimate of drug-likeness (QED) is 0.549. The molecule has 1 saturated carbocycles. The van der Waals surface area contributed by atoms with Gasteiger partial charge < -0.3 is 0 Å². The van der Waals surface area contributed by atoms with Crippen LogP contribution in [0.1, 0.15) is 54.4 Å². The lowest BCUT2D eigenvalue weighted by molar-refractivity contribution is -0.146. The van der Waals surface area contributed by atoms with Gasteiger partial charge in [-0.3, -0.25) is 29.0 Å². The Kier molecular flexibility index (Phi) is 3.99. The van der Waals surface area contributed by atoms with Gasteiger partial charge in [0.1, 0.15) is 0 Å². The summed E-state index contributed by atoms with van der Waals surface area (Å²) in [7, 11) is 0. The molecule has 152 valence electrons. The number of imide groups is 2. The van der Waals surface area contributed by atoms with Crippen molar-refractivity contribution >= 4 is 23.6 Å². The fourth-order valence-corrected chi connectivity index (χ4v) is 5.74. The zero-order valence-corrected chi connectivity index (χ0v) is 17.6. The molecule has 2 aliphatic heterocycles. The van der Waals surface area contributed by atoms with Gasteiger partial charge in [-0.1, -0.05) is 26.0 Å². The smallest absolute Gasteiger partial charge is 0.234 e. The maximum Gasteiger partial charge on any atom is 0.234 e. The summed E-state index contributed by atoms with van der Waals surface area (Å²) in [5.74, 6) is -3.51. The minimum absolute atomic E-state index is 0.173. The summed E-state index contributed by atoms with van der Waals surface area (Å²) in [5, 5.41) is 0. The molecule has 4 atom stereocenters. The summed E-state index contributed by atoms with van der Waals surface area (Å²) in [6.07, 6.45) is 5.17. The predicted molar refractivity (Wildman–Crippen MR) is 103 cm³/mol. The van der Waals surface area contributed by atoms with Crippen LogP contribution in [0.5, 0.6) is 0 Å². The largest absolute Gasteiger partial charge is 0.276 e. The molecule has 0 N–H and O–H groups in total. The van der Waals surface area contributed by atoms with Gasteiger partial charge in [-0.25, -0.2) is 0 Å². The van der Waals surface area contributed by atoms with Crippen molar-refractivity contribution in [2.45, 2.75) is 65.5 Å². The molecule has 3 fully saturated rings. The van der Waals surface area contributed by atoms with E-state index in [1.807, 2.05) is 53.7 Å². The number of amides is 4. The van der Waals surface area contributed by atoms with Crippen LogP contribution in [0.2, 0.25) is 0 Å². The van der Waals surface area contributed by atoms with Gasteiger partial charge in [0.2, 0.25) is 23.6 Å². The van der Waals surface area contributed by atoms with E-state index in [4.69, 9.17) is 0 Å². The zero-order valence-electron chi connectivity index (χ0n) is 17.6. The molecule has 2 saturated heterocycles. The number of rotatable bonds is 4. The van der Waals surface area contributed by atoms with Gasteiger partial charge in [0.25, 0.3) is 0 Å². The first-order valence-electron chi connectivity index (χ1n) is 10.4. The second kappa shape index (κ2) is 5.77. The third-order valence-electron chi connectivity index (χ3n) is 7.95. The highest BCUT2D eigenvalue weighted by molar-refractivity contribution is 6.11. The molecule has 3 aliphatic carbocycles. The molecule has 6 nitrogen and oxygen atoms in total. The monoisotopic (exact) mass is 386 g/mol. The Balaban J connectivity index is 1.77. The van der Waals surface area contributed by atoms with E-state index in [-0.39, 0.29) is 35.5 Å². The minimum atomic E-state index is -0.565. The van der Waals surface area contributed by atoms with Crippen LogP contribution < -0.4 is 0 Å². The van der Waals surface area contributed by atoms with Gasteiger partial charge in [0, 0.05) is 22.9 Å². The number of carbonyl (C=O) groups excluding carboxylic acids is 4. The van der Waals surface area contributed by atoms with E-state index < -0.39 is 34.7 Å². The fraction of sp³-hybridized carbons (Fsp3) is 0.727. The first kappa shape index (κ1) is 19.3. The third kappa shape index (κ3) is 2.15. The van der Waals surface area contributed by atoms with Crippen LogP contribution in [0.25, 0.3) is 0 Å². The molecule has 0 spiro atoms. The van der Waals surface area contributed by atoms with Crippen molar-refractivity contribution in [3.63, 3.8) is 0 Å². The van der Waals surface area contributed by atoms with E-state index in [1.54, 1.807) is 0 Å². The van der Waals surface area contributed by atoms with Crippen molar-refractivity contribution in [2.75, 3.05) is 0 Å². The minimum Gasteiger partial charge on any atom is -0.276 e. The van der Waals surface area contributed by atoms with Crippen molar-refractivity contribution in [3.05, 3.63) is 12.2 Å². The fourth-order valence-electron chi connectivity index (χ4n) is 5.74. The summed E-state index contributed by atoms with van der Waals surface area (Å²) in [5.41, 5.74) is -1.13. The van der Waals surface area contributed by atoms with Crippen LogP contribution in [0.3, 0.4) is 0 Å². The summed E-state index contributed by atoms with van der Waals surface area (Å²) in [6, 6.07) is 0. The molecule has 4 unspecified atom stereocenters. The Morgan fingerprint density at radius 3 is 1.11 bits per heavy atom. The van der Waals surface area contributed by atoms with Crippen molar-refractivity contribution < 1.29 is 19.2 Å². The molecule has 5 aliphatic rings. The van der Waals surface area contributed by atoms with Gasteiger partial charge in [0.15, 0.2) is 0 Å². The molecular weight excluding hydrogens is 356 g/mol. The summed E-state index contributed by atoms with van der Waals surface area (Å²) >= 11 is 0. The normalized spacial score (nSPS) is 37.2. The topological polar surface area (TPSA) is 74.8 Å². The Morgan fingerprint density at radius 2 is 0.893 bits per heavy atom. The van der Waals surface area contributed by atoms with E-state index in [1.165, 1.54) is 9.80 Å². The van der Waals surface area contributed by atoms with E-state index in [0.717, 1.165) is 0 Å². The number of hydrogen-bond acceptors (Lipinski definition) is 4. The highest BCUT2D eigenvalue weighted by atomic mass is 16.2. The number of allylic oxidation sites excluding steroid dienone is 2. The van der Waals surface area contributed by atoms with E-state index >= 15 is 0 Å². The average Bonchev–Trinajstić information content (AvgIpc) is 3.09. The van der Waals surface area contributed by atoms with Gasteiger partial charge in [-0.15, -0.1) is 0 Å². The summed E-state index contributed by atoms with van der Waals surface area (Å²) in [4.78, 5) is 56.1. The predicted octanol–water partition coefficient (Wildman–Crippen LogP) is 2.38. The molecule has 28 heavy (non-hydrogen) atoms. The Hall–Kier alpha value is -1.98. The molecule has 6 heteroatoms. The first-order chi connectivity index (χ1) is 13.0. The molecule has 4 amide bonds. The Morgan fingerprint density at radius 1 is 0.643 bits per heavy atom. The molecule has 0 radical (unpaired) electrons. The van der Waals surface area contributed by atoms with E-state index in [0.29, 0.717) is 12.8 Å².